The van der Waals surface area contributed by atoms with Crippen LogP contribution in [-0.4, -0.2) is 42.3 Å². The summed E-state index contributed by atoms with van der Waals surface area (Å²) in [5, 5.41) is 3.71. The minimum Gasteiger partial charge on any atom is -0.477 e. The molecular formula is C16H26N4O. The number of anilines is 1. The Morgan fingerprint density at radius 3 is 2.76 bits per heavy atom. The van der Waals surface area contributed by atoms with Crippen LogP contribution in [0.4, 0.5) is 5.82 Å². The zero-order valence-electron chi connectivity index (χ0n) is 12.9. The molecule has 0 unspecified atom stereocenters. The molecule has 5 nitrogen and oxygen atoms in total. The molecule has 2 aliphatic rings. The molecule has 0 aromatic carbocycles. The topological polar surface area (TPSA) is 50.3 Å². The third-order valence-corrected chi connectivity index (χ3v) is 4.26. The fourth-order valence-electron chi connectivity index (χ4n) is 2.73. The first-order valence-corrected chi connectivity index (χ1v) is 8.28. The third-order valence-electron chi connectivity index (χ3n) is 4.26. The number of piperidine rings is 1. The number of nitrogens with zero attached hydrogens (tertiary/aromatic N) is 3. The maximum atomic E-state index is 5.57. The van der Waals surface area contributed by atoms with Gasteiger partial charge in [0.25, 0.3) is 0 Å². The van der Waals surface area contributed by atoms with Gasteiger partial charge in [-0.2, -0.15) is 4.98 Å². The maximum Gasteiger partial charge on any atom is 0.234 e. The summed E-state index contributed by atoms with van der Waals surface area (Å²) in [6, 6.07) is 0.675. The predicted molar refractivity (Wildman–Crippen MR) is 83.8 cm³/mol. The van der Waals surface area contributed by atoms with E-state index in [1.54, 1.807) is 6.20 Å². The van der Waals surface area contributed by atoms with Crippen LogP contribution in [0.2, 0.25) is 0 Å². The number of nitrogens with one attached hydrogen (secondary N) is 1. The summed E-state index contributed by atoms with van der Waals surface area (Å²) in [6.45, 7) is 6.11. The van der Waals surface area contributed by atoms with Gasteiger partial charge in [-0.15, -0.1) is 0 Å². The first-order chi connectivity index (χ1) is 10.3. The summed E-state index contributed by atoms with van der Waals surface area (Å²) < 4.78 is 5.57. The predicted octanol–water partition coefficient (Wildman–Crippen LogP) is 2.23. The lowest BCUT2D eigenvalue weighted by atomic mass is 10.0. The number of hydrogen-bond acceptors (Lipinski definition) is 5. The molecule has 0 spiro atoms. The van der Waals surface area contributed by atoms with E-state index in [1.165, 1.54) is 32.2 Å². The molecular weight excluding hydrogens is 264 g/mol. The van der Waals surface area contributed by atoms with Gasteiger partial charge in [-0.3, -0.25) is 4.98 Å². The van der Waals surface area contributed by atoms with Gasteiger partial charge in [-0.1, -0.05) is 6.92 Å². The molecule has 3 rings (SSSR count). The minimum absolute atomic E-state index is 0.642. The van der Waals surface area contributed by atoms with Crippen LogP contribution in [0, 0.1) is 5.92 Å². The molecule has 21 heavy (non-hydrogen) atoms. The Morgan fingerprint density at radius 2 is 2.05 bits per heavy atom. The number of aromatic nitrogens is 2. The van der Waals surface area contributed by atoms with Gasteiger partial charge in [0, 0.05) is 19.1 Å². The zero-order chi connectivity index (χ0) is 14.5. The average Bonchev–Trinajstić information content (AvgIpc) is 3.36. The van der Waals surface area contributed by atoms with E-state index in [-0.39, 0.29) is 0 Å². The Bertz CT molecular complexity index is 442. The van der Waals surface area contributed by atoms with Crippen molar-refractivity contribution >= 4 is 5.82 Å². The summed E-state index contributed by atoms with van der Waals surface area (Å²) in [4.78, 5) is 11.1. The van der Waals surface area contributed by atoms with Crippen LogP contribution in [0.15, 0.2) is 12.4 Å². The van der Waals surface area contributed by atoms with E-state index in [4.69, 9.17) is 4.74 Å². The molecule has 1 N–H and O–H groups in total. The van der Waals surface area contributed by atoms with Crippen molar-refractivity contribution in [1.82, 2.24) is 15.3 Å². The van der Waals surface area contributed by atoms with Gasteiger partial charge in [0.05, 0.1) is 19.0 Å². The lowest BCUT2D eigenvalue weighted by molar-refractivity contribution is 0.303. The third kappa shape index (κ3) is 4.30. The van der Waals surface area contributed by atoms with Crippen molar-refractivity contribution in [2.45, 2.75) is 45.1 Å². The molecule has 5 heteroatoms. The Kier molecular flexibility index (Phi) is 4.91. The van der Waals surface area contributed by atoms with Crippen molar-refractivity contribution in [3.63, 3.8) is 0 Å². The molecule has 0 radical (unpaired) electrons. The maximum absolute atomic E-state index is 5.57. The summed E-state index contributed by atoms with van der Waals surface area (Å²) in [7, 11) is 0. The highest BCUT2D eigenvalue weighted by Crippen LogP contribution is 2.28. The van der Waals surface area contributed by atoms with E-state index < -0.39 is 0 Å². The summed E-state index contributed by atoms with van der Waals surface area (Å²) in [6.07, 6.45) is 9.75. The zero-order valence-corrected chi connectivity index (χ0v) is 12.9. The monoisotopic (exact) mass is 290 g/mol. The van der Waals surface area contributed by atoms with E-state index in [9.17, 15) is 0 Å². The molecule has 2 fully saturated rings. The Morgan fingerprint density at radius 1 is 1.24 bits per heavy atom. The van der Waals surface area contributed by atoms with Crippen molar-refractivity contribution < 1.29 is 4.74 Å². The summed E-state index contributed by atoms with van der Waals surface area (Å²) in [5.41, 5.74) is 0. The summed E-state index contributed by atoms with van der Waals surface area (Å²) in [5.74, 6) is 2.55. The van der Waals surface area contributed by atoms with Crippen LogP contribution >= 0.6 is 0 Å². The molecule has 0 amide bonds. The van der Waals surface area contributed by atoms with Crippen LogP contribution in [0.25, 0.3) is 0 Å². The SMILES string of the molecule is CCCOc1cncc(N2CCC(NCC3CC3)CC2)n1. The van der Waals surface area contributed by atoms with E-state index >= 15 is 0 Å². The first kappa shape index (κ1) is 14.6. The average molecular weight is 290 g/mol. The normalized spacial score (nSPS) is 19.8. The molecule has 0 atom stereocenters. The van der Waals surface area contributed by atoms with Crippen LogP contribution in [0.3, 0.4) is 0 Å². The van der Waals surface area contributed by atoms with Gasteiger partial charge in [0.2, 0.25) is 5.88 Å². The van der Waals surface area contributed by atoms with Gasteiger partial charge < -0.3 is 15.0 Å². The Balaban J connectivity index is 1.48. The van der Waals surface area contributed by atoms with Crippen molar-refractivity contribution in [3.8, 4) is 5.88 Å². The van der Waals surface area contributed by atoms with Gasteiger partial charge >= 0.3 is 0 Å². The second kappa shape index (κ2) is 7.07. The van der Waals surface area contributed by atoms with E-state index in [1.807, 2.05) is 6.20 Å². The van der Waals surface area contributed by atoms with Crippen LogP contribution in [0.5, 0.6) is 5.88 Å². The molecule has 2 heterocycles. The standard InChI is InChI=1S/C16H26N4O/c1-2-9-21-16-12-17-11-15(19-16)20-7-5-14(6-8-20)18-10-13-3-4-13/h11-14,18H,2-10H2,1H3. The lowest BCUT2D eigenvalue weighted by Gasteiger charge is -2.33. The summed E-state index contributed by atoms with van der Waals surface area (Å²) >= 11 is 0. The molecule has 1 aliphatic carbocycles. The number of ether oxygens (including phenoxy) is 1. The van der Waals surface area contributed by atoms with Gasteiger partial charge in [0.1, 0.15) is 0 Å². The number of rotatable bonds is 7. The molecule has 1 saturated carbocycles. The fourth-order valence-corrected chi connectivity index (χ4v) is 2.73. The highest BCUT2D eigenvalue weighted by atomic mass is 16.5. The minimum atomic E-state index is 0.642. The second-order valence-electron chi connectivity index (χ2n) is 6.18. The Labute approximate surface area is 127 Å². The largest absolute Gasteiger partial charge is 0.477 e. The van der Waals surface area contributed by atoms with E-state index in [0.29, 0.717) is 18.5 Å². The fraction of sp³-hybridized carbons (Fsp3) is 0.750. The molecule has 0 bridgehead atoms. The van der Waals surface area contributed by atoms with Gasteiger partial charge in [0.15, 0.2) is 5.82 Å². The van der Waals surface area contributed by atoms with Crippen molar-refractivity contribution in [2.24, 2.45) is 5.92 Å². The molecule has 1 aliphatic heterocycles. The Hall–Kier alpha value is -1.36. The molecule has 116 valence electrons. The smallest absolute Gasteiger partial charge is 0.234 e. The van der Waals surface area contributed by atoms with Crippen molar-refractivity contribution in [3.05, 3.63) is 12.4 Å². The van der Waals surface area contributed by atoms with E-state index in [0.717, 1.165) is 31.2 Å². The van der Waals surface area contributed by atoms with Crippen molar-refractivity contribution in [1.29, 1.82) is 0 Å². The van der Waals surface area contributed by atoms with Crippen LogP contribution in [-0.2, 0) is 0 Å². The molecule has 1 aromatic heterocycles. The van der Waals surface area contributed by atoms with Gasteiger partial charge in [-0.25, -0.2) is 0 Å². The van der Waals surface area contributed by atoms with Crippen LogP contribution < -0.4 is 15.0 Å². The highest BCUT2D eigenvalue weighted by molar-refractivity contribution is 5.38. The molecule has 1 aromatic rings. The highest BCUT2D eigenvalue weighted by Gasteiger charge is 2.24. The van der Waals surface area contributed by atoms with Crippen molar-refractivity contribution in [2.75, 3.05) is 31.1 Å². The second-order valence-corrected chi connectivity index (χ2v) is 6.18. The van der Waals surface area contributed by atoms with E-state index in [2.05, 4.69) is 27.1 Å². The quantitative estimate of drug-likeness (QED) is 0.834. The van der Waals surface area contributed by atoms with Crippen LogP contribution in [0.1, 0.15) is 39.0 Å². The lowest BCUT2D eigenvalue weighted by Crippen LogP contribution is -2.43. The van der Waals surface area contributed by atoms with Gasteiger partial charge in [-0.05, 0) is 44.6 Å². The number of hydrogen-bond donors (Lipinski definition) is 1. The molecule has 1 saturated heterocycles. The first-order valence-electron chi connectivity index (χ1n) is 8.28.